The highest BCUT2D eigenvalue weighted by molar-refractivity contribution is 5.82. The largest absolute Gasteiger partial charge is 0.456 e. The molecule has 1 heterocycles. The predicted molar refractivity (Wildman–Crippen MR) is 117 cm³/mol. The summed E-state index contributed by atoms with van der Waals surface area (Å²) in [4.78, 5) is 36.4. The number of benzene rings is 2. The van der Waals surface area contributed by atoms with Crippen molar-refractivity contribution in [3.63, 3.8) is 0 Å². The van der Waals surface area contributed by atoms with E-state index in [1.807, 2.05) is 24.3 Å². The van der Waals surface area contributed by atoms with Gasteiger partial charge in [0.1, 0.15) is 5.69 Å². The Morgan fingerprint density at radius 2 is 1.84 bits per heavy atom. The van der Waals surface area contributed by atoms with Gasteiger partial charge in [-0.1, -0.05) is 48.5 Å². The Kier molecular flexibility index (Phi) is 7.75. The molecule has 2 aromatic rings. The smallest absolute Gasteiger partial charge is 0.306 e. The van der Waals surface area contributed by atoms with Gasteiger partial charge in [-0.2, -0.15) is 0 Å². The summed E-state index contributed by atoms with van der Waals surface area (Å²) in [7, 11) is 0. The molecule has 0 aromatic heterocycles. The molecule has 162 valence electrons. The Bertz CT molecular complexity index is 959. The van der Waals surface area contributed by atoms with Crippen LogP contribution in [-0.4, -0.2) is 47.9 Å². The summed E-state index contributed by atoms with van der Waals surface area (Å²) in [6.45, 7) is 1.20. The van der Waals surface area contributed by atoms with Crippen molar-refractivity contribution in [3.8, 4) is 0 Å². The minimum Gasteiger partial charge on any atom is -0.456 e. The van der Waals surface area contributed by atoms with E-state index in [4.69, 9.17) is 4.74 Å². The summed E-state index contributed by atoms with van der Waals surface area (Å²) in [5.41, 5.74) is 2.77. The first kappa shape index (κ1) is 22.0. The number of nitro benzene ring substituents is 1. The Morgan fingerprint density at radius 1 is 1.10 bits per heavy atom. The number of amides is 1. The molecule has 0 aliphatic carbocycles. The Balaban J connectivity index is 1.35. The van der Waals surface area contributed by atoms with Gasteiger partial charge < -0.3 is 15.0 Å². The molecule has 0 fully saturated rings. The van der Waals surface area contributed by atoms with Crippen molar-refractivity contribution in [2.45, 2.75) is 19.3 Å². The molecule has 0 radical (unpaired) electrons. The van der Waals surface area contributed by atoms with Gasteiger partial charge in [-0.05, 0) is 30.0 Å². The fraction of sp³-hybridized carbons (Fsp3) is 0.304. The van der Waals surface area contributed by atoms with Crippen LogP contribution in [0.1, 0.15) is 24.8 Å². The lowest BCUT2D eigenvalue weighted by molar-refractivity contribution is -0.384. The maximum atomic E-state index is 12.3. The average molecular weight is 423 g/mol. The number of carbonyl (C=O) groups excluding carboxylic acids is 2. The summed E-state index contributed by atoms with van der Waals surface area (Å²) in [6.07, 6.45) is 3.36. The molecule has 31 heavy (non-hydrogen) atoms. The standard InChI is InChI=1S/C23H25N3O5/c27-22(25-15-12-19(13-16-25)18-7-2-1-3-8-18)17-31-23(28)11-6-14-24-20-9-4-5-10-21(20)26(29)30/h1-5,7-10,12,24H,6,11,13-17H2. The number of ether oxygens (including phenoxy) is 1. The molecular weight excluding hydrogens is 398 g/mol. The lowest BCUT2D eigenvalue weighted by atomic mass is 10.00. The van der Waals surface area contributed by atoms with Gasteiger partial charge in [0.2, 0.25) is 0 Å². The van der Waals surface area contributed by atoms with E-state index >= 15 is 0 Å². The second-order valence-electron chi connectivity index (χ2n) is 7.15. The van der Waals surface area contributed by atoms with E-state index in [-0.39, 0.29) is 24.6 Å². The quantitative estimate of drug-likeness (QED) is 0.286. The number of nitrogens with zero attached hydrogens (tertiary/aromatic N) is 2. The normalized spacial score (nSPS) is 13.3. The highest BCUT2D eigenvalue weighted by Gasteiger charge is 2.19. The number of esters is 1. The predicted octanol–water partition coefficient (Wildman–Crippen LogP) is 3.65. The Hall–Kier alpha value is -3.68. The van der Waals surface area contributed by atoms with Crippen LogP contribution in [0, 0.1) is 10.1 Å². The number of anilines is 1. The lowest BCUT2D eigenvalue weighted by Crippen LogP contribution is -2.37. The van der Waals surface area contributed by atoms with Crippen molar-refractivity contribution >= 4 is 28.8 Å². The van der Waals surface area contributed by atoms with E-state index in [1.165, 1.54) is 11.6 Å². The molecule has 0 saturated heterocycles. The molecule has 1 amide bonds. The van der Waals surface area contributed by atoms with Crippen LogP contribution in [0.3, 0.4) is 0 Å². The van der Waals surface area contributed by atoms with Crippen molar-refractivity contribution in [1.29, 1.82) is 0 Å². The van der Waals surface area contributed by atoms with Gasteiger partial charge >= 0.3 is 5.97 Å². The van der Waals surface area contributed by atoms with Gasteiger partial charge in [0.15, 0.2) is 6.61 Å². The first-order valence-electron chi connectivity index (χ1n) is 10.2. The van der Waals surface area contributed by atoms with Crippen LogP contribution >= 0.6 is 0 Å². The Labute approximate surface area is 180 Å². The molecule has 8 heteroatoms. The third-order valence-electron chi connectivity index (χ3n) is 5.04. The first-order valence-corrected chi connectivity index (χ1v) is 10.2. The van der Waals surface area contributed by atoms with Crippen LogP contribution in [-0.2, 0) is 14.3 Å². The third kappa shape index (κ3) is 6.40. The van der Waals surface area contributed by atoms with Gasteiger partial charge in [-0.25, -0.2) is 0 Å². The monoisotopic (exact) mass is 423 g/mol. The molecule has 0 unspecified atom stereocenters. The van der Waals surface area contributed by atoms with E-state index in [0.717, 1.165) is 12.0 Å². The third-order valence-corrected chi connectivity index (χ3v) is 5.04. The zero-order chi connectivity index (χ0) is 22.1. The Morgan fingerprint density at radius 3 is 2.55 bits per heavy atom. The summed E-state index contributed by atoms with van der Waals surface area (Å²) in [6, 6.07) is 16.4. The zero-order valence-corrected chi connectivity index (χ0v) is 17.2. The lowest BCUT2D eigenvalue weighted by Gasteiger charge is -2.26. The van der Waals surface area contributed by atoms with Crippen molar-refractivity contribution in [3.05, 3.63) is 76.4 Å². The molecule has 2 aromatic carbocycles. The van der Waals surface area contributed by atoms with E-state index in [1.54, 1.807) is 23.1 Å². The van der Waals surface area contributed by atoms with Gasteiger partial charge in [0.05, 0.1) is 4.92 Å². The van der Waals surface area contributed by atoms with Gasteiger partial charge in [0, 0.05) is 32.1 Å². The van der Waals surface area contributed by atoms with Gasteiger partial charge in [0.25, 0.3) is 11.6 Å². The minimum atomic E-state index is -0.463. The zero-order valence-electron chi connectivity index (χ0n) is 17.2. The van der Waals surface area contributed by atoms with Crippen molar-refractivity contribution in [2.24, 2.45) is 0 Å². The number of carbonyl (C=O) groups is 2. The molecule has 8 nitrogen and oxygen atoms in total. The fourth-order valence-corrected chi connectivity index (χ4v) is 3.35. The van der Waals surface area contributed by atoms with Crippen molar-refractivity contribution in [1.82, 2.24) is 4.90 Å². The van der Waals surface area contributed by atoms with E-state index in [2.05, 4.69) is 17.4 Å². The van der Waals surface area contributed by atoms with Crippen LogP contribution in [0.4, 0.5) is 11.4 Å². The molecule has 0 bridgehead atoms. The summed E-state index contributed by atoms with van der Waals surface area (Å²) in [5.74, 6) is -0.676. The molecule has 0 saturated carbocycles. The fourth-order valence-electron chi connectivity index (χ4n) is 3.35. The van der Waals surface area contributed by atoms with Crippen LogP contribution in [0.2, 0.25) is 0 Å². The summed E-state index contributed by atoms with van der Waals surface area (Å²) >= 11 is 0. The van der Waals surface area contributed by atoms with E-state index < -0.39 is 10.9 Å². The molecule has 1 N–H and O–H groups in total. The topological polar surface area (TPSA) is 102 Å². The second-order valence-corrected chi connectivity index (χ2v) is 7.15. The molecule has 3 rings (SSSR count). The highest BCUT2D eigenvalue weighted by atomic mass is 16.6. The van der Waals surface area contributed by atoms with E-state index in [0.29, 0.717) is 31.7 Å². The SMILES string of the molecule is O=C(CCCNc1ccccc1[N+](=O)[O-])OCC(=O)N1CC=C(c2ccccc2)CC1. The second kappa shape index (κ2) is 10.9. The molecule has 1 aliphatic rings. The molecule has 0 spiro atoms. The minimum absolute atomic E-state index is 0.0123. The number of rotatable bonds is 9. The maximum Gasteiger partial charge on any atom is 0.306 e. The highest BCUT2D eigenvalue weighted by Crippen LogP contribution is 2.23. The maximum absolute atomic E-state index is 12.3. The van der Waals surface area contributed by atoms with E-state index in [9.17, 15) is 19.7 Å². The summed E-state index contributed by atoms with van der Waals surface area (Å²) < 4.78 is 5.10. The number of para-hydroxylation sites is 2. The number of nitro groups is 1. The van der Waals surface area contributed by atoms with Crippen LogP contribution in [0.5, 0.6) is 0 Å². The average Bonchev–Trinajstić information content (AvgIpc) is 2.81. The number of hydrogen-bond acceptors (Lipinski definition) is 6. The number of nitrogens with one attached hydrogen (secondary N) is 1. The van der Waals surface area contributed by atoms with Crippen molar-refractivity contribution < 1.29 is 19.2 Å². The van der Waals surface area contributed by atoms with Gasteiger partial charge in [-0.15, -0.1) is 0 Å². The van der Waals surface area contributed by atoms with Crippen molar-refractivity contribution in [2.75, 3.05) is 31.6 Å². The van der Waals surface area contributed by atoms with Gasteiger partial charge in [-0.3, -0.25) is 19.7 Å². The number of hydrogen-bond donors (Lipinski definition) is 1. The van der Waals surface area contributed by atoms with Crippen LogP contribution < -0.4 is 5.32 Å². The molecule has 0 atom stereocenters. The first-order chi connectivity index (χ1) is 15.0. The summed E-state index contributed by atoms with van der Waals surface area (Å²) in [5, 5.41) is 13.9. The van der Waals surface area contributed by atoms with Crippen LogP contribution in [0.25, 0.3) is 5.57 Å². The molecular formula is C23H25N3O5. The molecule has 1 aliphatic heterocycles. The van der Waals surface area contributed by atoms with Crippen LogP contribution in [0.15, 0.2) is 60.7 Å².